The third kappa shape index (κ3) is 4.02. The van der Waals surface area contributed by atoms with Crippen LogP contribution in [0.25, 0.3) is 0 Å². The maximum atomic E-state index is 13.8. The Hall–Kier alpha value is -1.65. The number of hydrogen-bond donors (Lipinski definition) is 2. The molecule has 2 aromatic rings. The monoisotopic (exact) mass is 374 g/mol. The van der Waals surface area contributed by atoms with E-state index >= 15 is 0 Å². The van der Waals surface area contributed by atoms with Crippen molar-refractivity contribution < 1.29 is 14.8 Å². The van der Waals surface area contributed by atoms with Crippen LogP contribution in [0.1, 0.15) is 63.8 Å². The predicted octanol–water partition coefficient (Wildman–Crippen LogP) is 5.48. The van der Waals surface area contributed by atoms with Gasteiger partial charge in [-0.25, -0.2) is 0 Å². The fourth-order valence-electron chi connectivity index (χ4n) is 3.22. The lowest BCUT2D eigenvalue weighted by Gasteiger charge is -2.29. The second-order valence-electron chi connectivity index (χ2n) is 9.05. The first kappa shape index (κ1) is 20.7. The smallest absolute Gasteiger partial charge is 0.165 e. The summed E-state index contributed by atoms with van der Waals surface area (Å²) in [7, 11) is 0. The highest BCUT2D eigenvalue weighted by atomic mass is 32.2. The quantitative estimate of drug-likeness (QED) is 0.685. The Balaban J connectivity index is 2.82. The van der Waals surface area contributed by atoms with E-state index in [0.717, 1.165) is 32.0 Å². The van der Waals surface area contributed by atoms with Gasteiger partial charge in [0.15, 0.2) is 9.79 Å². The van der Waals surface area contributed by atoms with Crippen LogP contribution < -0.4 is 0 Å². The minimum atomic E-state index is -1.42. The molecule has 0 spiro atoms. The Morgan fingerprint density at radius 3 is 1.27 bits per heavy atom. The first-order chi connectivity index (χ1) is 11.7. The summed E-state index contributed by atoms with van der Waals surface area (Å²) >= 11 is -1.42. The summed E-state index contributed by atoms with van der Waals surface area (Å²) in [5.41, 5.74) is 2.84. The number of phenolic OH excluding ortho intramolecular Hbond substituents is 2. The third-order valence-electron chi connectivity index (χ3n) is 4.51. The van der Waals surface area contributed by atoms with Crippen LogP contribution >= 0.6 is 0 Å². The summed E-state index contributed by atoms with van der Waals surface area (Å²) in [6.07, 6.45) is 0. The normalized spacial score (nSPS) is 12.7. The van der Waals surface area contributed by atoms with Gasteiger partial charge in [0.2, 0.25) is 0 Å². The number of phenols is 2. The Bertz CT molecular complexity index is 757. The Kier molecular flexibility index (Phi) is 5.42. The van der Waals surface area contributed by atoms with Gasteiger partial charge >= 0.3 is 0 Å². The van der Waals surface area contributed by atoms with Gasteiger partial charge in [0.1, 0.15) is 11.5 Å². The molecule has 142 valence electrons. The van der Waals surface area contributed by atoms with Crippen LogP contribution in [0.15, 0.2) is 34.1 Å². The van der Waals surface area contributed by atoms with Gasteiger partial charge < -0.3 is 14.8 Å². The van der Waals surface area contributed by atoms with E-state index in [1.807, 2.05) is 13.8 Å². The van der Waals surface area contributed by atoms with Gasteiger partial charge in [-0.2, -0.15) is 0 Å². The minimum absolute atomic E-state index is 0.187. The molecular weight excluding hydrogens is 344 g/mol. The van der Waals surface area contributed by atoms with E-state index in [9.17, 15) is 14.8 Å². The van der Waals surface area contributed by atoms with Crippen molar-refractivity contribution in [1.29, 1.82) is 0 Å². The van der Waals surface area contributed by atoms with Crippen LogP contribution in [0.2, 0.25) is 0 Å². The molecule has 0 aliphatic heterocycles. The molecule has 0 amide bonds. The highest BCUT2D eigenvalue weighted by Gasteiger charge is 2.34. The average molecular weight is 375 g/mol. The van der Waals surface area contributed by atoms with Gasteiger partial charge in [-0.3, -0.25) is 0 Å². The molecule has 0 saturated carbocycles. The lowest BCUT2D eigenvalue weighted by molar-refractivity contribution is 0.467. The number of benzene rings is 2. The van der Waals surface area contributed by atoms with E-state index in [-0.39, 0.29) is 22.3 Å². The molecule has 3 nitrogen and oxygen atoms in total. The van der Waals surface area contributed by atoms with Gasteiger partial charge in [0.05, 0.1) is 0 Å². The molecule has 0 radical (unpaired) electrons. The number of aryl methyl sites for hydroxylation is 2. The standard InChI is InChI=1S/C22H30O3S/c1-13-9-15(23)11-17(21(3,4)5)19(13)26(25)20-14(2)10-16(24)12-18(20)22(6,7)8/h9-12,23-24H,1-8H3. The Labute approximate surface area is 160 Å². The fraction of sp³-hybridized carbons (Fsp3) is 0.455. The number of hydrogen-bond acceptors (Lipinski definition) is 3. The molecule has 0 bridgehead atoms. The molecular formula is C22H30O3S. The maximum absolute atomic E-state index is 13.8. The lowest BCUT2D eigenvalue weighted by Crippen LogP contribution is -2.22. The molecule has 0 aliphatic rings. The zero-order valence-electron chi connectivity index (χ0n) is 17.0. The average Bonchev–Trinajstić information content (AvgIpc) is 2.43. The van der Waals surface area contributed by atoms with Crippen LogP contribution in [0.4, 0.5) is 0 Å². The predicted molar refractivity (Wildman–Crippen MR) is 108 cm³/mol. The van der Waals surface area contributed by atoms with Crippen LogP contribution in [-0.2, 0) is 22.0 Å². The summed E-state index contributed by atoms with van der Waals surface area (Å²) in [5, 5.41) is 20.2. The van der Waals surface area contributed by atoms with Crippen molar-refractivity contribution in [3.05, 3.63) is 46.5 Å². The topological polar surface area (TPSA) is 63.5 Å². The molecule has 26 heavy (non-hydrogen) atoms. The summed E-state index contributed by atoms with van der Waals surface area (Å²) < 4.78 is 13.8. The molecule has 4 heteroatoms. The number of aromatic hydroxyl groups is 2. The molecule has 2 N–H and O–H groups in total. The minimum Gasteiger partial charge on any atom is -0.606 e. The first-order valence-corrected chi connectivity index (χ1v) is 9.98. The van der Waals surface area contributed by atoms with E-state index in [4.69, 9.17) is 0 Å². The van der Waals surface area contributed by atoms with Crippen LogP contribution in [0, 0.1) is 13.8 Å². The molecule has 0 aliphatic carbocycles. The highest BCUT2D eigenvalue weighted by molar-refractivity contribution is 7.91. The highest BCUT2D eigenvalue weighted by Crippen LogP contribution is 2.42. The largest absolute Gasteiger partial charge is 0.606 e. The van der Waals surface area contributed by atoms with E-state index in [2.05, 4.69) is 41.5 Å². The van der Waals surface area contributed by atoms with E-state index < -0.39 is 11.2 Å². The van der Waals surface area contributed by atoms with Crippen LogP contribution in [0.5, 0.6) is 11.5 Å². The van der Waals surface area contributed by atoms with Crippen molar-refractivity contribution in [2.45, 2.75) is 76.0 Å². The summed E-state index contributed by atoms with van der Waals surface area (Å²) in [4.78, 5) is 1.49. The van der Waals surface area contributed by atoms with Crippen molar-refractivity contribution in [1.82, 2.24) is 0 Å². The zero-order valence-corrected chi connectivity index (χ0v) is 17.8. The molecule has 0 fully saturated rings. The third-order valence-corrected chi connectivity index (χ3v) is 6.33. The van der Waals surface area contributed by atoms with Gasteiger partial charge in [-0.1, -0.05) is 41.5 Å². The van der Waals surface area contributed by atoms with Crippen LogP contribution in [-0.4, -0.2) is 14.8 Å². The molecule has 0 saturated heterocycles. The van der Waals surface area contributed by atoms with Crippen molar-refractivity contribution in [3.63, 3.8) is 0 Å². The molecule has 0 atom stereocenters. The van der Waals surface area contributed by atoms with Crippen molar-refractivity contribution in [2.75, 3.05) is 0 Å². The zero-order chi connectivity index (χ0) is 20.0. The number of rotatable bonds is 2. The fourth-order valence-corrected chi connectivity index (χ4v) is 5.25. The molecule has 2 rings (SSSR count). The Morgan fingerprint density at radius 1 is 0.692 bits per heavy atom. The van der Waals surface area contributed by atoms with Gasteiger partial charge in [0.25, 0.3) is 0 Å². The van der Waals surface area contributed by atoms with E-state index in [1.165, 1.54) is 0 Å². The Morgan fingerprint density at radius 2 is 1.00 bits per heavy atom. The summed E-state index contributed by atoms with van der Waals surface area (Å²) in [5.74, 6) is 0.373. The second kappa shape index (κ2) is 6.82. The van der Waals surface area contributed by atoms with Gasteiger partial charge in [0, 0.05) is 33.4 Å². The van der Waals surface area contributed by atoms with Gasteiger partial charge in [-0.15, -0.1) is 0 Å². The SMILES string of the molecule is Cc1cc(O)cc(C(C)(C)C)c1[S+]([O-])c1c(C)cc(O)cc1C(C)(C)C. The van der Waals surface area contributed by atoms with Gasteiger partial charge in [-0.05, 0) is 48.9 Å². The van der Waals surface area contributed by atoms with E-state index in [1.54, 1.807) is 24.3 Å². The summed E-state index contributed by atoms with van der Waals surface area (Å²) in [6.45, 7) is 16.1. The molecule has 2 aromatic carbocycles. The lowest BCUT2D eigenvalue weighted by atomic mass is 9.85. The molecule has 0 heterocycles. The van der Waals surface area contributed by atoms with Crippen molar-refractivity contribution >= 4 is 11.2 Å². The van der Waals surface area contributed by atoms with Crippen molar-refractivity contribution in [2.24, 2.45) is 0 Å². The summed E-state index contributed by atoms with van der Waals surface area (Å²) in [6, 6.07) is 6.75. The molecule has 0 unspecified atom stereocenters. The van der Waals surface area contributed by atoms with E-state index in [0.29, 0.717) is 0 Å². The maximum Gasteiger partial charge on any atom is 0.165 e. The van der Waals surface area contributed by atoms with Crippen LogP contribution in [0.3, 0.4) is 0 Å². The second-order valence-corrected chi connectivity index (χ2v) is 10.4. The van der Waals surface area contributed by atoms with Crippen molar-refractivity contribution in [3.8, 4) is 11.5 Å². The molecule has 0 aromatic heterocycles. The first-order valence-electron chi connectivity index (χ1n) is 8.83.